The summed E-state index contributed by atoms with van der Waals surface area (Å²) in [5, 5.41) is 0. The molecule has 0 radical (unpaired) electrons. The zero-order valence-electron chi connectivity index (χ0n) is 15.6. The fourth-order valence-corrected chi connectivity index (χ4v) is 4.58. The Kier molecular flexibility index (Phi) is 4.65. The molecular weight excluding hydrogens is 312 g/mol. The zero-order valence-corrected chi connectivity index (χ0v) is 15.6. The van der Waals surface area contributed by atoms with Crippen LogP contribution in [0.1, 0.15) is 57.0 Å². The normalized spacial score (nSPS) is 26.7. The van der Waals surface area contributed by atoms with Gasteiger partial charge in [0, 0.05) is 37.4 Å². The van der Waals surface area contributed by atoms with Crippen molar-refractivity contribution < 1.29 is 4.79 Å². The number of anilines is 1. The molecule has 5 rings (SSSR count). The maximum atomic E-state index is 13.0. The summed E-state index contributed by atoms with van der Waals surface area (Å²) >= 11 is 0. The van der Waals surface area contributed by atoms with E-state index < -0.39 is 0 Å². The third-order valence-corrected chi connectivity index (χ3v) is 6.18. The second kappa shape index (κ2) is 6.93. The van der Waals surface area contributed by atoms with Crippen LogP contribution < -0.4 is 4.90 Å². The zero-order chi connectivity index (χ0) is 17.4. The number of aryl methyl sites for hydroxylation is 2. The molecule has 0 unspecified atom stereocenters. The van der Waals surface area contributed by atoms with Gasteiger partial charge in [0.15, 0.2) is 0 Å². The van der Waals surface area contributed by atoms with Crippen LogP contribution in [0.2, 0.25) is 0 Å². The van der Waals surface area contributed by atoms with Gasteiger partial charge in [-0.3, -0.25) is 4.79 Å². The monoisotopic (exact) mass is 342 g/mol. The van der Waals surface area contributed by atoms with E-state index in [9.17, 15) is 4.79 Å². The number of hydrogen-bond donors (Lipinski definition) is 0. The molecule has 1 amide bonds. The van der Waals surface area contributed by atoms with Crippen molar-refractivity contribution in [3.05, 3.63) is 17.6 Å². The lowest BCUT2D eigenvalue weighted by molar-refractivity contribution is -0.141. The van der Waals surface area contributed by atoms with Crippen LogP contribution in [-0.2, 0) is 11.2 Å². The van der Waals surface area contributed by atoms with E-state index in [0.29, 0.717) is 11.9 Å². The number of hydrogen-bond acceptors (Lipinski definition) is 4. The first-order valence-electron chi connectivity index (χ1n) is 10.0. The molecular formula is C20H30N4O. The number of carbonyl (C=O) groups is 1. The van der Waals surface area contributed by atoms with E-state index in [2.05, 4.69) is 27.8 Å². The third kappa shape index (κ3) is 3.38. The van der Waals surface area contributed by atoms with Gasteiger partial charge >= 0.3 is 0 Å². The largest absolute Gasteiger partial charge is 0.354 e. The second-order valence-corrected chi connectivity index (χ2v) is 8.14. The quantitative estimate of drug-likeness (QED) is 0.825. The lowest BCUT2D eigenvalue weighted by Crippen LogP contribution is -2.50. The van der Waals surface area contributed by atoms with Gasteiger partial charge < -0.3 is 9.80 Å². The first-order chi connectivity index (χ1) is 12.1. The maximum absolute atomic E-state index is 13.0. The summed E-state index contributed by atoms with van der Waals surface area (Å²) in [5.74, 6) is 3.14. The summed E-state index contributed by atoms with van der Waals surface area (Å²) in [6.07, 6.45) is 8.21. The van der Waals surface area contributed by atoms with Crippen molar-refractivity contribution in [2.45, 2.75) is 64.8 Å². The van der Waals surface area contributed by atoms with Gasteiger partial charge in [0.1, 0.15) is 11.6 Å². The SMILES string of the molecule is CCCc1cc(N2C[C@@H]3CC[C@H](C2)N(CC2CCC2)C3=O)nc(C)n1. The first kappa shape index (κ1) is 16.8. The topological polar surface area (TPSA) is 49.3 Å². The Morgan fingerprint density at radius 1 is 1.16 bits per heavy atom. The molecule has 0 aromatic carbocycles. The van der Waals surface area contributed by atoms with Crippen molar-refractivity contribution >= 4 is 11.7 Å². The van der Waals surface area contributed by atoms with Crippen LogP contribution in [0.3, 0.4) is 0 Å². The van der Waals surface area contributed by atoms with Crippen LogP contribution in [0.15, 0.2) is 6.07 Å². The van der Waals surface area contributed by atoms with Gasteiger partial charge in [-0.15, -0.1) is 0 Å². The molecule has 1 saturated carbocycles. The maximum Gasteiger partial charge on any atom is 0.227 e. The molecule has 4 heterocycles. The van der Waals surface area contributed by atoms with E-state index in [1.54, 1.807) is 0 Å². The Balaban J connectivity index is 1.56. The smallest absolute Gasteiger partial charge is 0.227 e. The molecule has 3 saturated heterocycles. The summed E-state index contributed by atoms with van der Waals surface area (Å²) in [4.78, 5) is 26.8. The van der Waals surface area contributed by atoms with E-state index >= 15 is 0 Å². The number of piperidine rings is 1. The van der Waals surface area contributed by atoms with Crippen LogP contribution in [0.5, 0.6) is 0 Å². The molecule has 0 N–H and O–H groups in total. The van der Waals surface area contributed by atoms with Gasteiger partial charge in [0.25, 0.3) is 0 Å². The van der Waals surface area contributed by atoms with Gasteiger partial charge in [-0.1, -0.05) is 19.8 Å². The Morgan fingerprint density at radius 3 is 2.72 bits per heavy atom. The van der Waals surface area contributed by atoms with E-state index in [-0.39, 0.29) is 5.92 Å². The summed E-state index contributed by atoms with van der Waals surface area (Å²) < 4.78 is 0. The standard InChI is InChI=1S/C20H30N4O/c1-3-5-17-10-19(22-14(2)21-17)23-12-16-8-9-18(13-23)24(20(16)25)11-15-6-4-7-15/h10,15-16,18H,3-9,11-13H2,1-2H3/t16-,18+/m0/s1. The molecule has 2 atom stereocenters. The molecule has 0 spiro atoms. The highest BCUT2D eigenvalue weighted by molar-refractivity contribution is 5.81. The van der Waals surface area contributed by atoms with Crippen LogP contribution in [0.25, 0.3) is 0 Å². The average Bonchev–Trinajstić information content (AvgIpc) is 2.82. The molecule has 5 heteroatoms. The number of aromatic nitrogens is 2. The Bertz CT molecular complexity index is 643. The molecule has 4 fully saturated rings. The summed E-state index contributed by atoms with van der Waals surface area (Å²) in [5.41, 5.74) is 1.12. The van der Waals surface area contributed by atoms with Crippen LogP contribution in [0, 0.1) is 18.8 Å². The molecule has 136 valence electrons. The first-order valence-corrected chi connectivity index (χ1v) is 10.0. The molecule has 4 aliphatic rings. The Morgan fingerprint density at radius 2 is 2.00 bits per heavy atom. The van der Waals surface area contributed by atoms with E-state index in [1.165, 1.54) is 19.3 Å². The molecule has 2 bridgehead atoms. The van der Waals surface area contributed by atoms with Gasteiger partial charge in [0.2, 0.25) is 5.91 Å². The van der Waals surface area contributed by atoms with Crippen molar-refractivity contribution in [1.29, 1.82) is 0 Å². The van der Waals surface area contributed by atoms with Crippen molar-refractivity contribution in [2.24, 2.45) is 11.8 Å². The van der Waals surface area contributed by atoms with Gasteiger partial charge in [-0.2, -0.15) is 0 Å². The van der Waals surface area contributed by atoms with E-state index in [4.69, 9.17) is 4.98 Å². The fraction of sp³-hybridized carbons (Fsp3) is 0.750. The molecule has 3 aliphatic heterocycles. The number of amides is 1. The summed E-state index contributed by atoms with van der Waals surface area (Å²) in [6.45, 7) is 6.89. The predicted molar refractivity (Wildman–Crippen MR) is 98.5 cm³/mol. The van der Waals surface area contributed by atoms with Crippen molar-refractivity contribution in [1.82, 2.24) is 14.9 Å². The van der Waals surface area contributed by atoms with E-state index in [0.717, 1.165) is 68.6 Å². The molecule has 25 heavy (non-hydrogen) atoms. The van der Waals surface area contributed by atoms with Crippen molar-refractivity contribution in [3.8, 4) is 0 Å². The lowest BCUT2D eigenvalue weighted by atomic mass is 9.83. The van der Waals surface area contributed by atoms with Crippen molar-refractivity contribution in [3.63, 3.8) is 0 Å². The highest BCUT2D eigenvalue weighted by Gasteiger charge is 2.42. The van der Waals surface area contributed by atoms with Crippen molar-refractivity contribution in [2.75, 3.05) is 24.5 Å². The van der Waals surface area contributed by atoms with Crippen LogP contribution in [0.4, 0.5) is 5.82 Å². The lowest BCUT2D eigenvalue weighted by Gasteiger charge is -2.40. The van der Waals surface area contributed by atoms with Crippen LogP contribution in [-0.4, -0.2) is 46.5 Å². The minimum absolute atomic E-state index is 0.142. The minimum Gasteiger partial charge on any atom is -0.354 e. The van der Waals surface area contributed by atoms with E-state index in [1.807, 2.05) is 6.92 Å². The molecule has 5 nitrogen and oxygen atoms in total. The Labute approximate surface area is 150 Å². The minimum atomic E-state index is 0.142. The summed E-state index contributed by atoms with van der Waals surface area (Å²) in [6, 6.07) is 2.50. The van der Waals surface area contributed by atoms with Gasteiger partial charge in [-0.25, -0.2) is 9.97 Å². The molecule has 1 aliphatic carbocycles. The average molecular weight is 342 g/mol. The third-order valence-electron chi connectivity index (χ3n) is 6.18. The predicted octanol–water partition coefficient (Wildman–Crippen LogP) is 2.96. The summed E-state index contributed by atoms with van der Waals surface area (Å²) in [7, 11) is 0. The number of nitrogens with zero attached hydrogens (tertiary/aromatic N) is 4. The number of fused-ring (bicyclic) bond motifs is 4. The highest BCUT2D eigenvalue weighted by atomic mass is 16.2. The van der Waals surface area contributed by atoms with Gasteiger partial charge in [0.05, 0.1) is 5.92 Å². The molecule has 1 aromatic heterocycles. The van der Waals surface area contributed by atoms with Crippen LogP contribution >= 0.6 is 0 Å². The van der Waals surface area contributed by atoms with Gasteiger partial charge in [-0.05, 0) is 44.9 Å². The fourth-order valence-electron chi connectivity index (χ4n) is 4.58. The second-order valence-electron chi connectivity index (χ2n) is 8.14. The molecule has 1 aromatic rings. The number of rotatable bonds is 5. The number of carbonyl (C=O) groups excluding carboxylic acids is 1. The highest BCUT2D eigenvalue weighted by Crippen LogP contribution is 2.35. The Hall–Kier alpha value is -1.65.